The van der Waals surface area contributed by atoms with Gasteiger partial charge in [-0.3, -0.25) is 4.90 Å². The Kier molecular flexibility index (Phi) is 13.1. The molecule has 12 heteroatoms. The van der Waals surface area contributed by atoms with E-state index in [0.29, 0.717) is 19.0 Å². The first kappa shape index (κ1) is 34.1. The fourth-order valence-corrected chi connectivity index (χ4v) is 3.98. The zero-order valence-corrected chi connectivity index (χ0v) is 25.4. The van der Waals surface area contributed by atoms with Gasteiger partial charge in [0.05, 0.1) is 46.1 Å². The number of hydrogen-bond donors (Lipinski definition) is 0. The van der Waals surface area contributed by atoms with Crippen LogP contribution in [0.2, 0.25) is 0 Å². The molecule has 0 N–H and O–H groups in total. The number of benzene rings is 1. The van der Waals surface area contributed by atoms with Crippen LogP contribution < -0.4 is 4.74 Å². The minimum atomic E-state index is -1.02. The summed E-state index contributed by atoms with van der Waals surface area (Å²) in [6, 6.07) is 6.56. The van der Waals surface area contributed by atoms with E-state index in [2.05, 4.69) is 0 Å². The summed E-state index contributed by atoms with van der Waals surface area (Å²) >= 11 is 0. The molecular formula is C29H45NO11. The molecule has 1 aromatic rings. The highest BCUT2D eigenvalue weighted by atomic mass is 16.7. The Balaban J connectivity index is 2.26. The van der Waals surface area contributed by atoms with Gasteiger partial charge < -0.3 is 37.9 Å². The molecule has 41 heavy (non-hydrogen) atoms. The molecule has 1 amide bonds. The maximum Gasteiger partial charge on any atom is 0.509 e. The maximum atomic E-state index is 13.3. The van der Waals surface area contributed by atoms with Crippen molar-refractivity contribution >= 4 is 18.2 Å². The Hall–Kier alpha value is -3.09. The molecule has 0 saturated carbocycles. The highest BCUT2D eigenvalue weighted by Gasteiger charge is 2.50. The monoisotopic (exact) mass is 583 g/mol. The van der Waals surface area contributed by atoms with Crippen molar-refractivity contribution in [1.82, 2.24) is 4.90 Å². The minimum Gasteiger partial charge on any atom is -0.497 e. The molecule has 1 saturated heterocycles. The number of esters is 1. The summed E-state index contributed by atoms with van der Waals surface area (Å²) in [6.07, 6.45) is -3.32. The summed E-state index contributed by atoms with van der Waals surface area (Å²) in [7, 11) is 3.14. The minimum absolute atomic E-state index is 0.0683. The molecule has 1 heterocycles. The van der Waals surface area contributed by atoms with Crippen LogP contribution in [-0.2, 0) is 44.4 Å². The first-order valence-electron chi connectivity index (χ1n) is 13.6. The molecule has 12 nitrogen and oxygen atoms in total. The third kappa shape index (κ3) is 12.5. The fourth-order valence-electron chi connectivity index (χ4n) is 3.98. The molecule has 1 aliphatic heterocycles. The van der Waals surface area contributed by atoms with E-state index in [0.717, 1.165) is 5.56 Å². The first-order valence-corrected chi connectivity index (χ1v) is 13.6. The van der Waals surface area contributed by atoms with E-state index in [9.17, 15) is 14.4 Å². The third-order valence-electron chi connectivity index (χ3n) is 5.68. The Morgan fingerprint density at radius 1 is 0.829 bits per heavy atom. The van der Waals surface area contributed by atoms with Crippen LogP contribution in [-0.4, -0.2) is 106 Å². The van der Waals surface area contributed by atoms with Crippen molar-refractivity contribution in [3.8, 4) is 5.75 Å². The molecule has 2 rings (SSSR count). The normalized spacial score (nSPS) is 19.0. The van der Waals surface area contributed by atoms with Gasteiger partial charge in [0.2, 0.25) is 0 Å². The molecule has 1 fully saturated rings. The van der Waals surface area contributed by atoms with Crippen LogP contribution in [0.25, 0.3) is 0 Å². The lowest BCUT2D eigenvalue weighted by atomic mass is 10.0. The molecule has 3 atom stereocenters. The molecule has 1 aromatic carbocycles. The number of ether oxygens (including phenoxy) is 8. The van der Waals surface area contributed by atoms with Gasteiger partial charge in [0, 0.05) is 7.11 Å². The van der Waals surface area contributed by atoms with Crippen molar-refractivity contribution in [1.29, 1.82) is 0 Å². The molecule has 0 unspecified atom stereocenters. The molecular weight excluding hydrogens is 538 g/mol. The molecule has 0 spiro atoms. The van der Waals surface area contributed by atoms with E-state index in [4.69, 9.17) is 37.9 Å². The third-order valence-corrected chi connectivity index (χ3v) is 5.68. The van der Waals surface area contributed by atoms with Crippen LogP contribution in [0.15, 0.2) is 24.3 Å². The van der Waals surface area contributed by atoms with Gasteiger partial charge in [0.15, 0.2) is 12.2 Å². The van der Waals surface area contributed by atoms with Crippen LogP contribution in [0.3, 0.4) is 0 Å². The van der Waals surface area contributed by atoms with Crippen molar-refractivity contribution in [3.05, 3.63) is 29.8 Å². The highest BCUT2D eigenvalue weighted by molar-refractivity contribution is 5.72. The van der Waals surface area contributed by atoms with Gasteiger partial charge in [-0.15, -0.1) is 0 Å². The lowest BCUT2D eigenvalue weighted by molar-refractivity contribution is -0.161. The summed E-state index contributed by atoms with van der Waals surface area (Å²) in [5, 5.41) is 0. The first-order chi connectivity index (χ1) is 19.2. The zero-order valence-electron chi connectivity index (χ0n) is 25.4. The van der Waals surface area contributed by atoms with Gasteiger partial charge in [-0.25, -0.2) is 14.4 Å². The average Bonchev–Trinajstić information content (AvgIpc) is 3.18. The predicted octanol–water partition coefficient (Wildman–Crippen LogP) is 3.77. The lowest BCUT2D eigenvalue weighted by Crippen LogP contribution is -2.45. The van der Waals surface area contributed by atoms with Crippen LogP contribution in [0.5, 0.6) is 5.75 Å². The van der Waals surface area contributed by atoms with Crippen LogP contribution in [0, 0.1) is 0 Å². The number of rotatable bonds is 13. The second kappa shape index (κ2) is 15.8. The van der Waals surface area contributed by atoms with E-state index in [1.807, 2.05) is 12.1 Å². The average molecular weight is 584 g/mol. The van der Waals surface area contributed by atoms with Gasteiger partial charge >= 0.3 is 18.2 Å². The van der Waals surface area contributed by atoms with Crippen molar-refractivity contribution in [2.24, 2.45) is 0 Å². The molecule has 0 aromatic heterocycles. The van der Waals surface area contributed by atoms with E-state index < -0.39 is 47.7 Å². The van der Waals surface area contributed by atoms with Crippen LogP contribution >= 0.6 is 0 Å². The van der Waals surface area contributed by atoms with Crippen LogP contribution in [0.4, 0.5) is 9.59 Å². The largest absolute Gasteiger partial charge is 0.509 e. The van der Waals surface area contributed by atoms with Crippen molar-refractivity contribution in [2.75, 3.05) is 53.8 Å². The summed E-state index contributed by atoms with van der Waals surface area (Å²) < 4.78 is 43.3. The maximum absolute atomic E-state index is 13.3. The zero-order chi connectivity index (χ0) is 30.6. The van der Waals surface area contributed by atoms with Crippen LogP contribution in [0.1, 0.15) is 47.1 Å². The fraction of sp³-hybridized carbons (Fsp3) is 0.690. The topological polar surface area (TPSA) is 128 Å². The summed E-state index contributed by atoms with van der Waals surface area (Å²) in [5.41, 5.74) is -0.751. The molecule has 0 bridgehead atoms. The van der Waals surface area contributed by atoms with Crippen molar-refractivity contribution in [3.63, 3.8) is 0 Å². The molecule has 0 aliphatic carbocycles. The van der Waals surface area contributed by atoms with E-state index in [-0.39, 0.29) is 32.8 Å². The van der Waals surface area contributed by atoms with Gasteiger partial charge in [0.25, 0.3) is 0 Å². The SMILES string of the molecule is COCCOCCOCC(=O)O[C@@H]1[C@@H](OC(=O)OC(C)(C)C)CN(C(=O)OC(C)(C)C)[C@@H]1Cc1ccc(OC)cc1. The summed E-state index contributed by atoms with van der Waals surface area (Å²) in [6.45, 7) is 11.2. The second-order valence-corrected chi connectivity index (χ2v) is 11.5. The van der Waals surface area contributed by atoms with Crippen molar-refractivity contribution < 1.29 is 52.3 Å². The Labute approximate surface area is 242 Å². The Bertz CT molecular complexity index is 968. The predicted molar refractivity (Wildman–Crippen MR) is 148 cm³/mol. The number of methoxy groups -OCH3 is 2. The molecule has 0 radical (unpaired) electrons. The quantitative estimate of drug-likeness (QED) is 0.191. The van der Waals surface area contributed by atoms with Gasteiger partial charge in [0.1, 0.15) is 23.6 Å². The number of nitrogens with zero attached hydrogens (tertiary/aromatic N) is 1. The Morgan fingerprint density at radius 2 is 1.44 bits per heavy atom. The number of carbonyl (C=O) groups excluding carboxylic acids is 3. The summed E-state index contributed by atoms with van der Waals surface area (Å²) in [4.78, 5) is 40.2. The highest BCUT2D eigenvalue weighted by Crippen LogP contribution is 2.30. The van der Waals surface area contributed by atoms with E-state index in [1.54, 1.807) is 67.9 Å². The van der Waals surface area contributed by atoms with Gasteiger partial charge in [-0.1, -0.05) is 12.1 Å². The lowest BCUT2D eigenvalue weighted by Gasteiger charge is -2.30. The molecule has 232 valence electrons. The van der Waals surface area contributed by atoms with Gasteiger partial charge in [-0.2, -0.15) is 0 Å². The standard InChI is InChI=1S/C29H45NO11/c1-28(2,3)40-26(32)30-18-23(38-27(33)41-29(4,5)6)25(22(30)17-20-9-11-21(35-8)12-10-20)39-24(31)19-37-16-15-36-14-13-34-7/h9-12,22-23,25H,13-19H2,1-8H3/t22-,23+,25+/m1/s1. The Morgan fingerprint density at radius 3 is 2.02 bits per heavy atom. The van der Waals surface area contributed by atoms with Gasteiger partial charge in [-0.05, 0) is 65.7 Å². The number of carbonyl (C=O) groups is 3. The van der Waals surface area contributed by atoms with E-state index in [1.165, 1.54) is 4.90 Å². The summed E-state index contributed by atoms with van der Waals surface area (Å²) in [5.74, 6) is -0.0166. The van der Waals surface area contributed by atoms with E-state index >= 15 is 0 Å². The second-order valence-electron chi connectivity index (χ2n) is 11.5. The number of likely N-dealkylation sites (tertiary alicyclic amines) is 1. The number of amides is 1. The van der Waals surface area contributed by atoms with Crippen molar-refractivity contribution in [2.45, 2.75) is 77.4 Å². The molecule has 1 aliphatic rings. The smallest absolute Gasteiger partial charge is 0.497 e. The number of hydrogen-bond acceptors (Lipinski definition) is 11.